The van der Waals surface area contributed by atoms with E-state index in [4.69, 9.17) is 0 Å². The lowest BCUT2D eigenvalue weighted by atomic mass is 10.2. The van der Waals surface area contributed by atoms with Crippen LogP contribution in [-0.2, 0) is 6.54 Å². The summed E-state index contributed by atoms with van der Waals surface area (Å²) in [6.45, 7) is 2.96. The van der Waals surface area contributed by atoms with Crippen molar-refractivity contribution in [3.05, 3.63) is 41.0 Å². The van der Waals surface area contributed by atoms with Crippen molar-refractivity contribution in [2.75, 3.05) is 0 Å². The first kappa shape index (κ1) is 9.46. The molecule has 0 amide bonds. The van der Waals surface area contributed by atoms with Gasteiger partial charge in [-0.2, -0.15) is 5.10 Å². The largest absolute Gasteiger partial charge is 0.258 e. The molecule has 14 heavy (non-hydrogen) atoms. The van der Waals surface area contributed by atoms with E-state index in [1.54, 1.807) is 0 Å². The Labute approximate surface area is 91.7 Å². The molecule has 0 radical (unpaired) electrons. The Morgan fingerprint density at radius 3 is 2.57 bits per heavy atom. The van der Waals surface area contributed by atoms with Gasteiger partial charge in [0.05, 0.1) is 5.69 Å². The molecule has 1 heterocycles. The van der Waals surface area contributed by atoms with E-state index in [1.807, 2.05) is 28.9 Å². The van der Waals surface area contributed by atoms with Gasteiger partial charge in [0.1, 0.15) is 4.60 Å². The van der Waals surface area contributed by atoms with Crippen LogP contribution >= 0.6 is 15.9 Å². The van der Waals surface area contributed by atoms with Crippen LogP contribution in [0, 0.1) is 0 Å². The Morgan fingerprint density at radius 1 is 1.29 bits per heavy atom. The van der Waals surface area contributed by atoms with Crippen molar-refractivity contribution < 1.29 is 0 Å². The number of rotatable bonds is 2. The minimum Gasteiger partial charge on any atom is -0.258 e. The van der Waals surface area contributed by atoms with Crippen molar-refractivity contribution in [3.8, 4) is 11.3 Å². The van der Waals surface area contributed by atoms with Crippen molar-refractivity contribution in [3.63, 3.8) is 0 Å². The highest BCUT2D eigenvalue weighted by Crippen LogP contribution is 2.21. The molecule has 2 nitrogen and oxygen atoms in total. The molecule has 0 aliphatic carbocycles. The van der Waals surface area contributed by atoms with Gasteiger partial charge in [-0.15, -0.1) is 0 Å². The van der Waals surface area contributed by atoms with E-state index in [9.17, 15) is 0 Å². The van der Waals surface area contributed by atoms with Gasteiger partial charge in [-0.1, -0.05) is 30.3 Å². The molecule has 0 unspecified atom stereocenters. The molecule has 0 bridgehead atoms. The number of halogens is 1. The summed E-state index contributed by atoms with van der Waals surface area (Å²) < 4.78 is 2.96. The smallest absolute Gasteiger partial charge is 0.104 e. The fourth-order valence-corrected chi connectivity index (χ4v) is 1.91. The summed E-state index contributed by atoms with van der Waals surface area (Å²) in [6.07, 6.45) is 0. The third-order valence-corrected chi connectivity index (χ3v) is 2.74. The van der Waals surface area contributed by atoms with Crippen LogP contribution in [0.2, 0.25) is 0 Å². The number of hydrogen-bond donors (Lipinski definition) is 0. The summed E-state index contributed by atoms with van der Waals surface area (Å²) in [5.74, 6) is 0. The maximum atomic E-state index is 4.47. The fourth-order valence-electron chi connectivity index (χ4n) is 1.37. The zero-order valence-electron chi connectivity index (χ0n) is 7.94. The van der Waals surface area contributed by atoms with Crippen LogP contribution in [0.3, 0.4) is 0 Å². The fraction of sp³-hybridized carbons (Fsp3) is 0.182. The van der Waals surface area contributed by atoms with Crippen molar-refractivity contribution in [2.45, 2.75) is 13.5 Å². The lowest BCUT2D eigenvalue weighted by molar-refractivity contribution is 0.647. The first-order chi connectivity index (χ1) is 6.81. The Morgan fingerprint density at radius 2 is 2.00 bits per heavy atom. The lowest BCUT2D eigenvalue weighted by Gasteiger charge is -1.96. The van der Waals surface area contributed by atoms with E-state index in [0.29, 0.717) is 0 Å². The molecule has 0 fully saturated rings. The predicted molar refractivity (Wildman–Crippen MR) is 61.0 cm³/mol. The van der Waals surface area contributed by atoms with Gasteiger partial charge in [0.15, 0.2) is 0 Å². The number of nitrogens with zero attached hydrogens (tertiary/aromatic N) is 2. The highest BCUT2D eigenvalue weighted by molar-refractivity contribution is 9.10. The number of benzene rings is 1. The van der Waals surface area contributed by atoms with Gasteiger partial charge in [0.2, 0.25) is 0 Å². The summed E-state index contributed by atoms with van der Waals surface area (Å²) in [7, 11) is 0. The molecule has 0 spiro atoms. The molecule has 2 rings (SSSR count). The van der Waals surface area contributed by atoms with Crippen LogP contribution in [0.1, 0.15) is 6.92 Å². The van der Waals surface area contributed by atoms with Gasteiger partial charge in [0, 0.05) is 12.1 Å². The van der Waals surface area contributed by atoms with E-state index < -0.39 is 0 Å². The molecule has 1 aromatic carbocycles. The summed E-state index contributed by atoms with van der Waals surface area (Å²) in [6, 6.07) is 12.2. The zero-order valence-corrected chi connectivity index (χ0v) is 9.53. The molecule has 72 valence electrons. The number of hydrogen-bond acceptors (Lipinski definition) is 1. The van der Waals surface area contributed by atoms with Crippen LogP contribution in [-0.4, -0.2) is 9.78 Å². The van der Waals surface area contributed by atoms with Gasteiger partial charge in [-0.3, -0.25) is 4.68 Å². The van der Waals surface area contributed by atoms with E-state index in [-0.39, 0.29) is 0 Å². The molecule has 2 aromatic rings. The highest BCUT2D eigenvalue weighted by Gasteiger charge is 2.04. The van der Waals surface area contributed by atoms with Gasteiger partial charge in [-0.05, 0) is 28.9 Å². The third kappa shape index (κ3) is 1.73. The van der Waals surface area contributed by atoms with E-state index >= 15 is 0 Å². The van der Waals surface area contributed by atoms with E-state index in [1.165, 1.54) is 0 Å². The molecular weight excluding hydrogens is 240 g/mol. The number of aryl methyl sites for hydroxylation is 1. The summed E-state index contributed by atoms with van der Waals surface area (Å²) >= 11 is 3.48. The van der Waals surface area contributed by atoms with Crippen molar-refractivity contribution >= 4 is 15.9 Å². The third-order valence-electron chi connectivity index (χ3n) is 2.10. The molecule has 3 heteroatoms. The monoisotopic (exact) mass is 250 g/mol. The average Bonchev–Trinajstić information content (AvgIpc) is 2.61. The molecule has 0 aliphatic heterocycles. The first-order valence-electron chi connectivity index (χ1n) is 4.60. The second-order valence-corrected chi connectivity index (χ2v) is 3.85. The Balaban J connectivity index is 2.43. The van der Waals surface area contributed by atoms with Crippen LogP contribution in [0.25, 0.3) is 11.3 Å². The van der Waals surface area contributed by atoms with Crippen LogP contribution in [0.4, 0.5) is 0 Å². The first-order valence-corrected chi connectivity index (χ1v) is 5.39. The predicted octanol–water partition coefficient (Wildman–Crippen LogP) is 3.33. The van der Waals surface area contributed by atoms with Crippen molar-refractivity contribution in [1.82, 2.24) is 9.78 Å². The second-order valence-electron chi connectivity index (χ2n) is 3.03. The molecular formula is C11H11BrN2. The summed E-state index contributed by atoms with van der Waals surface area (Å²) in [4.78, 5) is 0. The summed E-state index contributed by atoms with van der Waals surface area (Å²) in [5.41, 5.74) is 2.17. The maximum absolute atomic E-state index is 4.47. The Kier molecular flexibility index (Phi) is 2.68. The topological polar surface area (TPSA) is 17.8 Å². The Bertz CT molecular complexity index is 420. The van der Waals surface area contributed by atoms with Crippen molar-refractivity contribution in [1.29, 1.82) is 0 Å². The highest BCUT2D eigenvalue weighted by atomic mass is 79.9. The van der Waals surface area contributed by atoms with Crippen molar-refractivity contribution in [2.24, 2.45) is 0 Å². The SMILES string of the molecule is CCn1nc(-c2ccccc2)cc1Br. The van der Waals surface area contributed by atoms with Gasteiger partial charge in [0.25, 0.3) is 0 Å². The zero-order chi connectivity index (χ0) is 9.97. The minimum atomic E-state index is 0.882. The molecule has 0 aliphatic rings. The summed E-state index contributed by atoms with van der Waals surface area (Å²) in [5, 5.41) is 4.47. The standard InChI is InChI=1S/C11H11BrN2/c1-2-14-11(12)8-10(13-14)9-6-4-3-5-7-9/h3-8H,2H2,1H3. The Hall–Kier alpha value is -1.09. The van der Waals surface area contributed by atoms with Crippen LogP contribution in [0.15, 0.2) is 41.0 Å². The quantitative estimate of drug-likeness (QED) is 0.800. The van der Waals surface area contributed by atoms with E-state index in [0.717, 1.165) is 22.4 Å². The van der Waals surface area contributed by atoms with Gasteiger partial charge >= 0.3 is 0 Å². The van der Waals surface area contributed by atoms with Gasteiger partial charge < -0.3 is 0 Å². The molecule has 1 aromatic heterocycles. The second kappa shape index (κ2) is 3.96. The number of aromatic nitrogens is 2. The minimum absolute atomic E-state index is 0.882. The molecule has 0 N–H and O–H groups in total. The van der Waals surface area contributed by atoms with E-state index in [2.05, 4.69) is 40.1 Å². The average molecular weight is 251 g/mol. The maximum Gasteiger partial charge on any atom is 0.104 e. The molecule has 0 saturated carbocycles. The molecule has 0 saturated heterocycles. The normalized spacial score (nSPS) is 10.4. The van der Waals surface area contributed by atoms with Crippen LogP contribution < -0.4 is 0 Å². The molecule has 0 atom stereocenters. The lowest BCUT2D eigenvalue weighted by Crippen LogP contribution is -1.96. The van der Waals surface area contributed by atoms with Gasteiger partial charge in [-0.25, -0.2) is 0 Å². The van der Waals surface area contributed by atoms with Crippen LogP contribution in [0.5, 0.6) is 0 Å².